The standard InChI is InChI=1S/C7H10N2.C2H6/c1-9-4-6-2-8-3-7(6)5-9;1-2/h4-5,8H,2-3H2,1H3;1-2H3. The summed E-state index contributed by atoms with van der Waals surface area (Å²) in [6.45, 7) is 6.10. The van der Waals surface area contributed by atoms with Gasteiger partial charge in [-0.15, -0.1) is 0 Å². The molecule has 0 bridgehead atoms. The highest BCUT2D eigenvalue weighted by Crippen LogP contribution is 2.14. The maximum absolute atomic E-state index is 3.28. The SMILES string of the molecule is CC.Cn1cc2c(c1)CNC2. The van der Waals surface area contributed by atoms with Gasteiger partial charge < -0.3 is 9.88 Å². The van der Waals surface area contributed by atoms with Crippen molar-refractivity contribution in [2.24, 2.45) is 7.05 Å². The summed E-state index contributed by atoms with van der Waals surface area (Å²) in [4.78, 5) is 0. The van der Waals surface area contributed by atoms with Gasteiger partial charge in [0.2, 0.25) is 0 Å². The van der Waals surface area contributed by atoms with Crippen molar-refractivity contribution < 1.29 is 0 Å². The maximum Gasteiger partial charge on any atom is 0.0226 e. The number of aryl methyl sites for hydroxylation is 1. The van der Waals surface area contributed by atoms with Gasteiger partial charge in [0.05, 0.1) is 0 Å². The molecule has 2 rings (SSSR count). The second-order valence-electron chi connectivity index (χ2n) is 2.58. The molecule has 2 heteroatoms. The van der Waals surface area contributed by atoms with Gasteiger partial charge in [-0.3, -0.25) is 0 Å². The molecule has 0 unspecified atom stereocenters. The minimum absolute atomic E-state index is 1.05. The molecular formula is C9H16N2. The molecule has 0 aromatic carbocycles. The number of rotatable bonds is 0. The van der Waals surface area contributed by atoms with E-state index in [4.69, 9.17) is 0 Å². The van der Waals surface area contributed by atoms with Gasteiger partial charge in [-0.2, -0.15) is 0 Å². The van der Waals surface area contributed by atoms with Crippen LogP contribution in [0.1, 0.15) is 25.0 Å². The van der Waals surface area contributed by atoms with Crippen molar-refractivity contribution in [1.82, 2.24) is 9.88 Å². The molecule has 1 aromatic heterocycles. The first-order valence-corrected chi connectivity index (χ1v) is 4.21. The molecular weight excluding hydrogens is 136 g/mol. The molecule has 0 amide bonds. The lowest BCUT2D eigenvalue weighted by Gasteiger charge is -1.89. The van der Waals surface area contributed by atoms with Gasteiger partial charge in [-0.1, -0.05) is 13.8 Å². The first-order chi connectivity index (χ1) is 5.36. The van der Waals surface area contributed by atoms with Crippen LogP contribution in [-0.4, -0.2) is 4.57 Å². The summed E-state index contributed by atoms with van der Waals surface area (Å²) in [6, 6.07) is 0. The Bertz CT molecular complexity index is 204. The third-order valence-corrected chi connectivity index (χ3v) is 1.76. The van der Waals surface area contributed by atoms with E-state index in [-0.39, 0.29) is 0 Å². The smallest absolute Gasteiger partial charge is 0.0226 e. The predicted octanol–water partition coefficient (Wildman–Crippen LogP) is 1.65. The lowest BCUT2D eigenvalue weighted by molar-refractivity contribution is 0.747. The molecule has 62 valence electrons. The quantitative estimate of drug-likeness (QED) is 0.598. The Morgan fingerprint density at radius 3 is 2.09 bits per heavy atom. The molecule has 0 aliphatic carbocycles. The van der Waals surface area contributed by atoms with Gasteiger partial charge in [0.15, 0.2) is 0 Å². The van der Waals surface area contributed by atoms with Crippen LogP contribution < -0.4 is 5.32 Å². The number of aromatic nitrogens is 1. The Morgan fingerprint density at radius 1 is 1.18 bits per heavy atom. The summed E-state index contributed by atoms with van der Waals surface area (Å²) in [5.74, 6) is 0. The van der Waals surface area contributed by atoms with Crippen LogP contribution in [0.25, 0.3) is 0 Å². The van der Waals surface area contributed by atoms with Crippen molar-refractivity contribution in [3.05, 3.63) is 23.5 Å². The van der Waals surface area contributed by atoms with Gasteiger partial charge in [0.25, 0.3) is 0 Å². The summed E-state index contributed by atoms with van der Waals surface area (Å²) in [7, 11) is 2.07. The van der Waals surface area contributed by atoms with E-state index in [2.05, 4.69) is 29.3 Å². The number of nitrogens with zero attached hydrogens (tertiary/aromatic N) is 1. The number of hydrogen-bond acceptors (Lipinski definition) is 1. The fourth-order valence-corrected chi connectivity index (χ4v) is 1.34. The third kappa shape index (κ3) is 1.63. The largest absolute Gasteiger partial charge is 0.357 e. The number of fused-ring (bicyclic) bond motifs is 1. The first-order valence-electron chi connectivity index (χ1n) is 4.21. The topological polar surface area (TPSA) is 17.0 Å². The van der Waals surface area contributed by atoms with Crippen LogP contribution >= 0.6 is 0 Å². The van der Waals surface area contributed by atoms with Crippen LogP contribution in [0, 0.1) is 0 Å². The lowest BCUT2D eigenvalue weighted by atomic mass is 10.2. The normalized spacial score (nSPS) is 13.7. The maximum atomic E-state index is 3.28. The van der Waals surface area contributed by atoms with Gasteiger partial charge >= 0.3 is 0 Å². The molecule has 0 radical (unpaired) electrons. The average molecular weight is 152 g/mol. The summed E-state index contributed by atoms with van der Waals surface area (Å²) in [6.07, 6.45) is 4.35. The molecule has 2 nitrogen and oxygen atoms in total. The summed E-state index contributed by atoms with van der Waals surface area (Å²) >= 11 is 0. The Labute approximate surface area is 68.2 Å². The fourth-order valence-electron chi connectivity index (χ4n) is 1.34. The summed E-state index contributed by atoms with van der Waals surface area (Å²) < 4.78 is 2.12. The van der Waals surface area contributed by atoms with E-state index in [0.29, 0.717) is 0 Å². The van der Waals surface area contributed by atoms with Crippen molar-refractivity contribution in [3.63, 3.8) is 0 Å². The molecule has 0 spiro atoms. The molecule has 2 heterocycles. The molecule has 0 saturated heterocycles. The van der Waals surface area contributed by atoms with Crippen LogP contribution in [-0.2, 0) is 20.1 Å². The Hall–Kier alpha value is -0.760. The summed E-state index contributed by atoms with van der Waals surface area (Å²) in [5.41, 5.74) is 2.91. The summed E-state index contributed by atoms with van der Waals surface area (Å²) in [5, 5.41) is 3.28. The second kappa shape index (κ2) is 3.58. The van der Waals surface area contributed by atoms with E-state index in [9.17, 15) is 0 Å². The van der Waals surface area contributed by atoms with Crippen LogP contribution in [0.4, 0.5) is 0 Å². The molecule has 11 heavy (non-hydrogen) atoms. The van der Waals surface area contributed by atoms with Crippen LogP contribution in [0.15, 0.2) is 12.4 Å². The monoisotopic (exact) mass is 152 g/mol. The molecule has 0 saturated carbocycles. The molecule has 1 aliphatic rings. The van der Waals surface area contributed by atoms with E-state index in [0.717, 1.165) is 13.1 Å². The zero-order valence-corrected chi connectivity index (χ0v) is 7.52. The predicted molar refractivity (Wildman–Crippen MR) is 47.3 cm³/mol. The van der Waals surface area contributed by atoms with Crippen LogP contribution in [0.5, 0.6) is 0 Å². The van der Waals surface area contributed by atoms with E-state index >= 15 is 0 Å². The highest BCUT2D eigenvalue weighted by atomic mass is 15.0. The van der Waals surface area contributed by atoms with Crippen LogP contribution in [0.2, 0.25) is 0 Å². The van der Waals surface area contributed by atoms with Gasteiger partial charge in [0, 0.05) is 32.5 Å². The highest BCUT2D eigenvalue weighted by Gasteiger charge is 2.09. The minimum atomic E-state index is 1.05. The highest BCUT2D eigenvalue weighted by molar-refractivity contribution is 5.27. The Kier molecular flexibility index (Phi) is 2.71. The van der Waals surface area contributed by atoms with Crippen molar-refractivity contribution in [2.45, 2.75) is 26.9 Å². The first kappa shape index (κ1) is 8.34. The molecule has 1 aliphatic heterocycles. The Balaban J connectivity index is 0.000000281. The zero-order chi connectivity index (χ0) is 8.27. The van der Waals surface area contributed by atoms with E-state index in [1.165, 1.54) is 11.1 Å². The van der Waals surface area contributed by atoms with Gasteiger partial charge in [-0.05, 0) is 11.1 Å². The molecule has 0 atom stereocenters. The van der Waals surface area contributed by atoms with Crippen molar-refractivity contribution in [1.29, 1.82) is 0 Å². The Morgan fingerprint density at radius 2 is 1.64 bits per heavy atom. The zero-order valence-electron chi connectivity index (χ0n) is 7.52. The van der Waals surface area contributed by atoms with Crippen molar-refractivity contribution in [3.8, 4) is 0 Å². The minimum Gasteiger partial charge on any atom is -0.357 e. The van der Waals surface area contributed by atoms with Gasteiger partial charge in [-0.25, -0.2) is 0 Å². The van der Waals surface area contributed by atoms with E-state index < -0.39 is 0 Å². The van der Waals surface area contributed by atoms with Crippen molar-refractivity contribution in [2.75, 3.05) is 0 Å². The molecule has 1 aromatic rings. The van der Waals surface area contributed by atoms with Crippen molar-refractivity contribution >= 4 is 0 Å². The number of nitrogens with one attached hydrogen (secondary N) is 1. The lowest BCUT2D eigenvalue weighted by Crippen LogP contribution is -2.01. The van der Waals surface area contributed by atoms with Gasteiger partial charge in [0.1, 0.15) is 0 Å². The van der Waals surface area contributed by atoms with Crippen LogP contribution in [0.3, 0.4) is 0 Å². The fraction of sp³-hybridized carbons (Fsp3) is 0.556. The molecule has 1 N–H and O–H groups in total. The van der Waals surface area contributed by atoms with E-state index in [1.807, 2.05) is 13.8 Å². The molecule has 0 fully saturated rings. The third-order valence-electron chi connectivity index (χ3n) is 1.76. The second-order valence-corrected chi connectivity index (χ2v) is 2.58. The average Bonchev–Trinajstić information content (AvgIpc) is 2.51. The number of hydrogen-bond donors (Lipinski definition) is 1. The van der Waals surface area contributed by atoms with E-state index in [1.54, 1.807) is 0 Å².